The Kier molecular flexibility index (Phi) is 4.71. The molecule has 0 aliphatic heterocycles. The predicted octanol–water partition coefficient (Wildman–Crippen LogP) is 0.844. The highest BCUT2D eigenvalue weighted by atomic mass is 16.5. The van der Waals surface area contributed by atoms with Crippen molar-refractivity contribution in [3.05, 3.63) is 11.7 Å². The Morgan fingerprint density at radius 3 is 2.73 bits per heavy atom. The van der Waals surface area contributed by atoms with Crippen molar-refractivity contribution < 1.29 is 4.52 Å². The first-order chi connectivity index (χ1) is 7.13. The van der Waals surface area contributed by atoms with Crippen LogP contribution in [-0.2, 0) is 6.54 Å². The molecule has 0 spiro atoms. The van der Waals surface area contributed by atoms with E-state index in [9.17, 15) is 0 Å². The zero-order valence-corrected chi connectivity index (χ0v) is 9.95. The molecule has 0 aliphatic carbocycles. The molecule has 1 rings (SSSR count). The summed E-state index contributed by atoms with van der Waals surface area (Å²) in [6.45, 7) is 6.75. The van der Waals surface area contributed by atoms with Crippen molar-refractivity contribution in [1.82, 2.24) is 20.4 Å². The number of aromatic nitrogens is 2. The van der Waals surface area contributed by atoms with Crippen LogP contribution in [0.25, 0.3) is 0 Å². The third kappa shape index (κ3) is 3.97. The van der Waals surface area contributed by atoms with E-state index in [1.807, 2.05) is 14.1 Å². The molecule has 0 bridgehead atoms. The van der Waals surface area contributed by atoms with Crippen LogP contribution in [-0.4, -0.2) is 42.2 Å². The van der Waals surface area contributed by atoms with Crippen molar-refractivity contribution in [3.8, 4) is 0 Å². The summed E-state index contributed by atoms with van der Waals surface area (Å²) in [4.78, 5) is 6.46. The van der Waals surface area contributed by atoms with Crippen LogP contribution in [0.3, 0.4) is 0 Å². The van der Waals surface area contributed by atoms with Crippen molar-refractivity contribution in [2.75, 3.05) is 27.2 Å². The molecule has 15 heavy (non-hydrogen) atoms. The number of hydrogen-bond donors (Lipinski definition) is 1. The average molecular weight is 212 g/mol. The highest BCUT2D eigenvalue weighted by Crippen LogP contribution is 2.10. The summed E-state index contributed by atoms with van der Waals surface area (Å²) in [6, 6.07) is 0. The van der Waals surface area contributed by atoms with Crippen molar-refractivity contribution >= 4 is 0 Å². The van der Waals surface area contributed by atoms with E-state index in [1.165, 1.54) is 0 Å². The predicted molar refractivity (Wildman–Crippen MR) is 58.6 cm³/mol. The van der Waals surface area contributed by atoms with Crippen molar-refractivity contribution in [3.63, 3.8) is 0 Å². The van der Waals surface area contributed by atoms with Gasteiger partial charge in [0.1, 0.15) is 0 Å². The minimum absolute atomic E-state index is 0.324. The Morgan fingerprint density at radius 1 is 1.47 bits per heavy atom. The lowest BCUT2D eigenvalue weighted by molar-refractivity contribution is 0.267. The van der Waals surface area contributed by atoms with Gasteiger partial charge in [0, 0.05) is 19.0 Å². The first-order valence-corrected chi connectivity index (χ1v) is 5.29. The summed E-state index contributed by atoms with van der Waals surface area (Å²) in [5.41, 5.74) is 0. The zero-order valence-electron chi connectivity index (χ0n) is 9.95. The third-order valence-corrected chi connectivity index (χ3v) is 2.15. The Labute approximate surface area is 90.8 Å². The van der Waals surface area contributed by atoms with Crippen LogP contribution >= 0.6 is 0 Å². The summed E-state index contributed by atoms with van der Waals surface area (Å²) in [5.74, 6) is 1.80. The molecule has 0 saturated heterocycles. The van der Waals surface area contributed by atoms with Crippen LogP contribution in [0.15, 0.2) is 4.52 Å². The molecule has 0 radical (unpaired) electrons. The molecule has 0 saturated carbocycles. The fraction of sp³-hybridized carbons (Fsp3) is 0.800. The minimum Gasteiger partial charge on any atom is -0.338 e. The van der Waals surface area contributed by atoms with Crippen LogP contribution in [0.2, 0.25) is 0 Å². The monoisotopic (exact) mass is 212 g/mol. The molecular weight excluding hydrogens is 192 g/mol. The van der Waals surface area contributed by atoms with Gasteiger partial charge in [-0.3, -0.25) is 4.90 Å². The molecule has 1 N–H and O–H groups in total. The molecular formula is C10H20N4O. The van der Waals surface area contributed by atoms with Gasteiger partial charge in [-0.1, -0.05) is 19.0 Å². The van der Waals surface area contributed by atoms with E-state index in [0.29, 0.717) is 18.4 Å². The van der Waals surface area contributed by atoms with Crippen molar-refractivity contribution in [1.29, 1.82) is 0 Å². The maximum absolute atomic E-state index is 5.15. The van der Waals surface area contributed by atoms with Crippen molar-refractivity contribution in [2.24, 2.45) is 0 Å². The molecule has 0 fully saturated rings. The Bertz CT molecular complexity index is 285. The second-order valence-corrected chi connectivity index (χ2v) is 4.04. The Hall–Kier alpha value is -0.940. The smallest absolute Gasteiger partial charge is 0.240 e. The lowest BCUT2D eigenvalue weighted by Gasteiger charge is -2.12. The lowest BCUT2D eigenvalue weighted by Crippen LogP contribution is -2.27. The van der Waals surface area contributed by atoms with E-state index in [4.69, 9.17) is 4.52 Å². The number of nitrogens with one attached hydrogen (secondary N) is 1. The molecule has 86 valence electrons. The SMILES string of the molecule is CNCCN(C)Cc1nc(C(C)C)no1. The van der Waals surface area contributed by atoms with Gasteiger partial charge in [-0.15, -0.1) is 0 Å². The van der Waals surface area contributed by atoms with Gasteiger partial charge in [-0.05, 0) is 14.1 Å². The van der Waals surface area contributed by atoms with E-state index >= 15 is 0 Å². The first-order valence-electron chi connectivity index (χ1n) is 5.29. The molecule has 5 heteroatoms. The standard InChI is InChI=1S/C10H20N4O/c1-8(2)10-12-9(15-13-10)7-14(4)6-5-11-3/h8,11H,5-7H2,1-4H3. The number of nitrogens with zero attached hydrogens (tertiary/aromatic N) is 3. The second kappa shape index (κ2) is 5.82. The molecule has 5 nitrogen and oxygen atoms in total. The summed E-state index contributed by atoms with van der Waals surface area (Å²) < 4.78 is 5.15. The maximum Gasteiger partial charge on any atom is 0.240 e. The third-order valence-electron chi connectivity index (χ3n) is 2.15. The quantitative estimate of drug-likeness (QED) is 0.757. The van der Waals surface area contributed by atoms with Crippen LogP contribution in [0.1, 0.15) is 31.5 Å². The number of likely N-dealkylation sites (N-methyl/N-ethyl adjacent to an activating group) is 2. The summed E-state index contributed by atoms with van der Waals surface area (Å²) in [7, 11) is 3.98. The van der Waals surface area contributed by atoms with Crippen LogP contribution in [0, 0.1) is 0 Å². The van der Waals surface area contributed by atoms with Crippen LogP contribution in [0.5, 0.6) is 0 Å². The summed E-state index contributed by atoms with van der Waals surface area (Å²) in [5, 5.41) is 7.02. The highest BCUT2D eigenvalue weighted by Gasteiger charge is 2.10. The topological polar surface area (TPSA) is 54.2 Å². The van der Waals surface area contributed by atoms with Crippen molar-refractivity contribution in [2.45, 2.75) is 26.3 Å². The molecule has 0 amide bonds. The Morgan fingerprint density at radius 2 is 2.20 bits per heavy atom. The fourth-order valence-electron chi connectivity index (χ4n) is 1.18. The minimum atomic E-state index is 0.324. The van der Waals surface area contributed by atoms with Crippen LogP contribution in [0.4, 0.5) is 0 Å². The van der Waals surface area contributed by atoms with Gasteiger partial charge in [-0.2, -0.15) is 4.98 Å². The van der Waals surface area contributed by atoms with Gasteiger partial charge < -0.3 is 9.84 Å². The van der Waals surface area contributed by atoms with Gasteiger partial charge in [0.2, 0.25) is 5.89 Å². The first kappa shape index (κ1) is 12.1. The number of hydrogen-bond acceptors (Lipinski definition) is 5. The van der Waals surface area contributed by atoms with Crippen LogP contribution < -0.4 is 5.32 Å². The normalized spacial score (nSPS) is 11.6. The summed E-state index contributed by atoms with van der Waals surface area (Å²) in [6.07, 6.45) is 0. The maximum atomic E-state index is 5.15. The molecule has 0 aliphatic rings. The zero-order chi connectivity index (χ0) is 11.3. The average Bonchev–Trinajstić information content (AvgIpc) is 2.63. The highest BCUT2D eigenvalue weighted by molar-refractivity contribution is 4.91. The second-order valence-electron chi connectivity index (χ2n) is 4.04. The fourth-order valence-corrected chi connectivity index (χ4v) is 1.18. The molecule has 0 aromatic carbocycles. The molecule has 1 heterocycles. The van der Waals surface area contributed by atoms with Gasteiger partial charge >= 0.3 is 0 Å². The summed E-state index contributed by atoms with van der Waals surface area (Å²) >= 11 is 0. The van der Waals surface area contributed by atoms with E-state index in [1.54, 1.807) is 0 Å². The molecule has 0 unspecified atom stereocenters. The van der Waals surface area contributed by atoms with Gasteiger partial charge in [0.25, 0.3) is 0 Å². The van der Waals surface area contributed by atoms with E-state index in [-0.39, 0.29) is 0 Å². The van der Waals surface area contributed by atoms with Gasteiger partial charge in [-0.25, -0.2) is 0 Å². The molecule has 1 aromatic rings. The van der Waals surface area contributed by atoms with Gasteiger partial charge in [0.05, 0.1) is 6.54 Å². The number of rotatable bonds is 6. The largest absolute Gasteiger partial charge is 0.338 e. The van der Waals surface area contributed by atoms with E-state index < -0.39 is 0 Å². The lowest BCUT2D eigenvalue weighted by atomic mass is 10.2. The molecule has 0 atom stereocenters. The Balaban J connectivity index is 2.42. The van der Waals surface area contributed by atoms with E-state index in [2.05, 4.69) is 34.2 Å². The van der Waals surface area contributed by atoms with E-state index in [0.717, 1.165) is 18.9 Å². The van der Waals surface area contributed by atoms with Gasteiger partial charge in [0.15, 0.2) is 5.82 Å². The molecule has 1 aromatic heterocycles.